The number of benzene rings is 2. The maximum absolute atomic E-state index is 13.2. The second-order valence-electron chi connectivity index (χ2n) is 8.36. The van der Waals surface area contributed by atoms with Gasteiger partial charge in [-0.3, -0.25) is 14.2 Å². The van der Waals surface area contributed by atoms with Gasteiger partial charge in [0.2, 0.25) is 0 Å². The number of thioether (sulfide) groups is 1. The van der Waals surface area contributed by atoms with Crippen molar-refractivity contribution < 1.29 is 9.53 Å². The number of ether oxygens (including phenoxy) is 1. The summed E-state index contributed by atoms with van der Waals surface area (Å²) in [6.45, 7) is 1.21. The zero-order chi connectivity index (χ0) is 21.2. The van der Waals surface area contributed by atoms with Crippen molar-refractivity contribution in [3.63, 3.8) is 0 Å². The first-order valence-electron chi connectivity index (χ1n) is 11.1. The Hall–Kier alpha value is -2.44. The molecule has 2 heterocycles. The molecule has 1 unspecified atom stereocenters. The molecular formula is C25H26N2O3S. The van der Waals surface area contributed by atoms with Crippen LogP contribution in [0.2, 0.25) is 0 Å². The molecule has 1 aliphatic heterocycles. The molecule has 2 aliphatic rings. The Morgan fingerprint density at radius 1 is 1.10 bits per heavy atom. The summed E-state index contributed by atoms with van der Waals surface area (Å²) in [5.74, 6) is 0.333. The minimum absolute atomic E-state index is 0.0244. The fourth-order valence-electron chi connectivity index (χ4n) is 4.53. The molecule has 0 bridgehead atoms. The van der Waals surface area contributed by atoms with Gasteiger partial charge in [-0.15, -0.1) is 0 Å². The third kappa shape index (κ3) is 4.32. The van der Waals surface area contributed by atoms with Crippen molar-refractivity contribution in [1.82, 2.24) is 9.55 Å². The highest BCUT2D eigenvalue weighted by Gasteiger charge is 2.21. The monoisotopic (exact) mass is 434 g/mol. The molecule has 0 spiro atoms. The van der Waals surface area contributed by atoms with E-state index < -0.39 is 0 Å². The van der Waals surface area contributed by atoms with Gasteiger partial charge in [-0.1, -0.05) is 36.0 Å². The average Bonchev–Trinajstić information content (AvgIpc) is 3.32. The Morgan fingerprint density at radius 2 is 1.94 bits per heavy atom. The van der Waals surface area contributed by atoms with Crippen molar-refractivity contribution in [2.24, 2.45) is 0 Å². The van der Waals surface area contributed by atoms with E-state index >= 15 is 0 Å². The number of fused-ring (bicyclic) bond motifs is 2. The Labute approximate surface area is 185 Å². The van der Waals surface area contributed by atoms with E-state index in [9.17, 15) is 9.59 Å². The number of aryl methyl sites for hydroxylation is 2. The lowest BCUT2D eigenvalue weighted by molar-refractivity contribution is 0.0937. The quantitative estimate of drug-likeness (QED) is 0.326. The third-order valence-corrected chi connectivity index (χ3v) is 7.22. The molecule has 0 saturated carbocycles. The third-order valence-electron chi connectivity index (χ3n) is 6.24. The number of carbonyl (C=O) groups excluding carboxylic acids is 1. The zero-order valence-corrected chi connectivity index (χ0v) is 18.3. The van der Waals surface area contributed by atoms with E-state index in [4.69, 9.17) is 9.72 Å². The minimum Gasteiger partial charge on any atom is -0.376 e. The molecule has 0 radical (unpaired) electrons. The summed E-state index contributed by atoms with van der Waals surface area (Å²) >= 11 is 1.35. The van der Waals surface area contributed by atoms with Crippen LogP contribution in [0.4, 0.5) is 0 Å². The number of nitrogens with zero attached hydrogens (tertiary/aromatic N) is 2. The second-order valence-corrected chi connectivity index (χ2v) is 9.31. The average molecular weight is 435 g/mol. The summed E-state index contributed by atoms with van der Waals surface area (Å²) in [5, 5.41) is 1.19. The number of hydrogen-bond donors (Lipinski definition) is 0. The molecule has 0 amide bonds. The van der Waals surface area contributed by atoms with E-state index in [1.165, 1.54) is 35.7 Å². The van der Waals surface area contributed by atoms with Crippen LogP contribution in [0.5, 0.6) is 0 Å². The highest BCUT2D eigenvalue weighted by molar-refractivity contribution is 7.99. The molecule has 5 rings (SSSR count). The van der Waals surface area contributed by atoms with Crippen molar-refractivity contribution >= 4 is 28.4 Å². The van der Waals surface area contributed by atoms with E-state index in [1.54, 1.807) is 4.57 Å². The topological polar surface area (TPSA) is 61.2 Å². The molecule has 6 heteroatoms. The maximum Gasteiger partial charge on any atom is 0.262 e. The smallest absolute Gasteiger partial charge is 0.262 e. The molecule has 1 fully saturated rings. The van der Waals surface area contributed by atoms with E-state index in [1.807, 2.05) is 30.3 Å². The summed E-state index contributed by atoms with van der Waals surface area (Å²) in [6.07, 6.45) is 6.56. The predicted octanol–water partition coefficient (Wildman–Crippen LogP) is 4.43. The van der Waals surface area contributed by atoms with Crippen LogP contribution >= 0.6 is 11.8 Å². The number of carbonyl (C=O) groups is 1. The molecule has 1 aromatic heterocycles. The first kappa shape index (κ1) is 20.5. The predicted molar refractivity (Wildman–Crippen MR) is 123 cm³/mol. The van der Waals surface area contributed by atoms with E-state index in [-0.39, 0.29) is 23.2 Å². The molecule has 5 nitrogen and oxygen atoms in total. The fourth-order valence-corrected chi connectivity index (χ4v) is 5.43. The lowest BCUT2D eigenvalue weighted by Gasteiger charge is -2.17. The Kier molecular flexibility index (Phi) is 5.92. The Morgan fingerprint density at radius 3 is 2.77 bits per heavy atom. The molecule has 1 saturated heterocycles. The van der Waals surface area contributed by atoms with E-state index in [2.05, 4.69) is 12.1 Å². The van der Waals surface area contributed by atoms with Gasteiger partial charge in [-0.25, -0.2) is 4.98 Å². The standard InChI is InChI=1S/C25H26N2O3S/c28-23(19-12-11-17-6-1-2-7-18(17)14-19)16-31-25-26-22-10-4-3-9-21(22)24(29)27(25)15-20-8-5-13-30-20/h3-4,9-12,14,20H,1-2,5-8,13,15-16H2. The number of Topliss-reactive ketones (excluding diaryl/α,β-unsaturated/α-hetero) is 1. The second kappa shape index (κ2) is 8.97. The van der Waals surface area contributed by atoms with Gasteiger partial charge in [-0.2, -0.15) is 0 Å². The number of aromatic nitrogens is 2. The number of hydrogen-bond acceptors (Lipinski definition) is 5. The van der Waals surface area contributed by atoms with Gasteiger partial charge in [-0.05, 0) is 67.9 Å². The van der Waals surface area contributed by atoms with Gasteiger partial charge < -0.3 is 4.74 Å². The van der Waals surface area contributed by atoms with E-state index in [0.29, 0.717) is 22.6 Å². The summed E-state index contributed by atoms with van der Waals surface area (Å²) in [5.41, 5.74) is 4.03. The van der Waals surface area contributed by atoms with E-state index in [0.717, 1.165) is 37.9 Å². The SMILES string of the molecule is O=C(CSc1nc2ccccc2c(=O)n1CC1CCCO1)c1ccc2c(c1)CCCC2. The van der Waals surface area contributed by atoms with Crippen LogP contribution < -0.4 is 5.56 Å². The number of ketones is 1. The van der Waals surface area contributed by atoms with Crippen LogP contribution in [0.25, 0.3) is 10.9 Å². The van der Waals surface area contributed by atoms with Gasteiger partial charge in [0, 0.05) is 12.2 Å². The molecule has 1 atom stereocenters. The van der Waals surface area contributed by atoms with Gasteiger partial charge in [0.1, 0.15) is 0 Å². The van der Waals surface area contributed by atoms with Crippen LogP contribution in [0.15, 0.2) is 52.4 Å². The molecule has 2 aromatic carbocycles. The lowest BCUT2D eigenvalue weighted by atomic mass is 9.90. The lowest BCUT2D eigenvalue weighted by Crippen LogP contribution is -2.29. The molecule has 160 valence electrons. The van der Waals surface area contributed by atoms with Crippen LogP contribution in [0.1, 0.15) is 47.2 Å². The van der Waals surface area contributed by atoms with Crippen LogP contribution in [-0.4, -0.2) is 33.8 Å². The molecule has 1 aliphatic carbocycles. The van der Waals surface area contributed by atoms with Crippen LogP contribution in [-0.2, 0) is 24.1 Å². The van der Waals surface area contributed by atoms with Gasteiger partial charge >= 0.3 is 0 Å². The first-order chi connectivity index (χ1) is 15.2. The summed E-state index contributed by atoms with van der Waals surface area (Å²) < 4.78 is 7.46. The van der Waals surface area contributed by atoms with Crippen LogP contribution in [0, 0.1) is 0 Å². The fraction of sp³-hybridized carbons (Fsp3) is 0.400. The molecular weight excluding hydrogens is 408 g/mol. The van der Waals surface area contributed by atoms with Crippen molar-refractivity contribution in [3.8, 4) is 0 Å². The van der Waals surface area contributed by atoms with Gasteiger partial charge in [0.05, 0.1) is 29.3 Å². The molecule has 3 aromatic rings. The van der Waals surface area contributed by atoms with Gasteiger partial charge in [0.25, 0.3) is 5.56 Å². The van der Waals surface area contributed by atoms with Crippen molar-refractivity contribution in [2.75, 3.05) is 12.4 Å². The Balaban J connectivity index is 1.41. The zero-order valence-electron chi connectivity index (χ0n) is 17.5. The normalized spacial score (nSPS) is 18.3. The molecule has 0 N–H and O–H groups in total. The summed E-state index contributed by atoms with van der Waals surface area (Å²) in [7, 11) is 0. The van der Waals surface area contributed by atoms with Crippen molar-refractivity contribution in [3.05, 3.63) is 69.5 Å². The highest BCUT2D eigenvalue weighted by Crippen LogP contribution is 2.25. The minimum atomic E-state index is -0.0650. The van der Waals surface area contributed by atoms with Crippen molar-refractivity contribution in [1.29, 1.82) is 0 Å². The van der Waals surface area contributed by atoms with Crippen LogP contribution in [0.3, 0.4) is 0 Å². The van der Waals surface area contributed by atoms with Gasteiger partial charge in [0.15, 0.2) is 10.9 Å². The number of rotatable bonds is 6. The number of para-hydroxylation sites is 1. The summed E-state index contributed by atoms with van der Waals surface area (Å²) in [4.78, 5) is 30.9. The molecule has 31 heavy (non-hydrogen) atoms. The highest BCUT2D eigenvalue weighted by atomic mass is 32.2. The maximum atomic E-state index is 13.2. The summed E-state index contributed by atoms with van der Waals surface area (Å²) in [6, 6.07) is 13.5. The first-order valence-corrected chi connectivity index (χ1v) is 12.1. The van der Waals surface area contributed by atoms with Crippen molar-refractivity contribution in [2.45, 2.75) is 56.3 Å². The Bertz CT molecular complexity index is 1180. The largest absolute Gasteiger partial charge is 0.376 e.